The number of fused-ring (bicyclic) bond motifs is 1. The predicted molar refractivity (Wildman–Crippen MR) is 103 cm³/mol. The number of nitrogens with zero attached hydrogens (tertiary/aromatic N) is 2. The van der Waals surface area contributed by atoms with Gasteiger partial charge in [0.15, 0.2) is 0 Å². The molecule has 1 aromatic heterocycles. The lowest BCUT2D eigenvalue weighted by Crippen LogP contribution is -2.54. The summed E-state index contributed by atoms with van der Waals surface area (Å²) in [5.74, 6) is -1.92. The average Bonchev–Trinajstić information content (AvgIpc) is 3.00. The Morgan fingerprint density at radius 3 is 2.47 bits per heavy atom. The maximum absolute atomic E-state index is 13.0. The number of anilines is 1. The van der Waals surface area contributed by atoms with Crippen molar-refractivity contribution in [1.82, 2.24) is 9.88 Å². The second kappa shape index (κ2) is 6.87. The molecule has 0 aliphatic carbocycles. The predicted octanol–water partition coefficient (Wildman–Crippen LogP) is 3.86. The molecule has 1 aliphatic rings. The number of amides is 4. The normalized spacial score (nSPS) is 16.5. The summed E-state index contributed by atoms with van der Waals surface area (Å²) < 4.78 is 40.9. The largest absolute Gasteiger partial charge is 0.416 e. The molecule has 4 amide bonds. The van der Waals surface area contributed by atoms with E-state index in [1.807, 2.05) is 28.1 Å². The lowest BCUT2D eigenvalue weighted by atomic mass is 10.1. The minimum Gasteiger partial charge on any atom is -0.350 e. The third-order valence-corrected chi connectivity index (χ3v) is 4.76. The summed E-state index contributed by atoms with van der Waals surface area (Å²) in [6, 6.07) is 9.98. The molecule has 1 N–H and O–H groups in total. The van der Waals surface area contributed by atoms with Crippen LogP contribution in [0.3, 0.4) is 0 Å². The average molecular weight is 413 g/mol. The highest BCUT2D eigenvalue weighted by atomic mass is 19.4. The Kier molecular flexibility index (Phi) is 4.45. The van der Waals surface area contributed by atoms with Crippen molar-refractivity contribution in [2.75, 3.05) is 4.90 Å². The van der Waals surface area contributed by atoms with Crippen LogP contribution in [-0.4, -0.2) is 22.4 Å². The van der Waals surface area contributed by atoms with Crippen LogP contribution in [0.4, 0.5) is 23.7 Å². The minimum absolute atomic E-state index is 0.288. The molecule has 0 saturated carbocycles. The maximum Gasteiger partial charge on any atom is 0.416 e. The number of halogens is 3. The van der Waals surface area contributed by atoms with Crippen LogP contribution in [0.25, 0.3) is 17.0 Å². The first-order valence-corrected chi connectivity index (χ1v) is 8.79. The summed E-state index contributed by atoms with van der Waals surface area (Å²) >= 11 is 0. The summed E-state index contributed by atoms with van der Waals surface area (Å²) in [6.45, 7) is 0. The number of para-hydroxylation sites is 1. The molecule has 1 aliphatic heterocycles. The number of rotatable bonds is 2. The maximum atomic E-state index is 13.0. The summed E-state index contributed by atoms with van der Waals surface area (Å²) in [6.07, 6.45) is -1.61. The van der Waals surface area contributed by atoms with E-state index in [1.165, 1.54) is 12.1 Å². The van der Waals surface area contributed by atoms with Crippen molar-refractivity contribution in [2.45, 2.75) is 6.18 Å². The van der Waals surface area contributed by atoms with Crippen molar-refractivity contribution in [2.24, 2.45) is 7.05 Å². The quantitative estimate of drug-likeness (QED) is 0.512. The fourth-order valence-corrected chi connectivity index (χ4v) is 3.36. The second-order valence-corrected chi connectivity index (χ2v) is 6.72. The van der Waals surface area contributed by atoms with Gasteiger partial charge in [-0.2, -0.15) is 13.2 Å². The number of nitrogens with one attached hydrogen (secondary N) is 1. The van der Waals surface area contributed by atoms with Crippen LogP contribution in [0, 0.1) is 0 Å². The van der Waals surface area contributed by atoms with E-state index in [0.29, 0.717) is 16.5 Å². The first-order chi connectivity index (χ1) is 14.2. The molecule has 30 heavy (non-hydrogen) atoms. The smallest absolute Gasteiger partial charge is 0.350 e. The van der Waals surface area contributed by atoms with Crippen LogP contribution < -0.4 is 10.2 Å². The number of carbonyl (C=O) groups is 3. The van der Waals surface area contributed by atoms with E-state index in [-0.39, 0.29) is 11.3 Å². The molecule has 3 aromatic rings. The Labute approximate surface area is 168 Å². The molecule has 2 aromatic carbocycles. The third kappa shape index (κ3) is 3.24. The number of hydrogen-bond donors (Lipinski definition) is 1. The number of imide groups is 2. The van der Waals surface area contributed by atoms with Gasteiger partial charge in [0.05, 0.1) is 11.3 Å². The zero-order chi connectivity index (χ0) is 21.6. The molecule has 9 heteroatoms. The lowest BCUT2D eigenvalue weighted by Gasteiger charge is -2.26. The molecule has 0 radical (unpaired) electrons. The van der Waals surface area contributed by atoms with Crippen LogP contribution in [0.5, 0.6) is 0 Å². The van der Waals surface area contributed by atoms with Crippen LogP contribution in [-0.2, 0) is 22.8 Å². The second-order valence-electron chi connectivity index (χ2n) is 6.72. The Balaban J connectivity index is 1.79. The fraction of sp³-hybridized carbons (Fsp3) is 0.0952. The van der Waals surface area contributed by atoms with E-state index >= 15 is 0 Å². The summed E-state index contributed by atoms with van der Waals surface area (Å²) in [7, 11) is 1.80. The number of alkyl halides is 3. The van der Waals surface area contributed by atoms with Crippen molar-refractivity contribution < 1.29 is 27.6 Å². The molecular weight excluding hydrogens is 399 g/mol. The zero-order valence-electron chi connectivity index (χ0n) is 15.5. The molecule has 0 bridgehead atoms. The van der Waals surface area contributed by atoms with Gasteiger partial charge in [-0.15, -0.1) is 0 Å². The number of hydrogen-bond acceptors (Lipinski definition) is 3. The highest BCUT2D eigenvalue weighted by Gasteiger charge is 2.38. The van der Waals surface area contributed by atoms with Crippen molar-refractivity contribution in [1.29, 1.82) is 0 Å². The first kappa shape index (κ1) is 19.4. The van der Waals surface area contributed by atoms with Gasteiger partial charge in [-0.25, -0.2) is 9.69 Å². The summed E-state index contributed by atoms with van der Waals surface area (Å²) in [5, 5.41) is 2.79. The van der Waals surface area contributed by atoms with Crippen molar-refractivity contribution >= 4 is 40.5 Å². The van der Waals surface area contributed by atoms with E-state index in [9.17, 15) is 27.6 Å². The van der Waals surface area contributed by atoms with Gasteiger partial charge in [0.25, 0.3) is 11.8 Å². The molecule has 0 atom stereocenters. The molecule has 2 heterocycles. The van der Waals surface area contributed by atoms with Gasteiger partial charge < -0.3 is 4.57 Å². The zero-order valence-corrected chi connectivity index (χ0v) is 15.5. The highest BCUT2D eigenvalue weighted by Crippen LogP contribution is 2.33. The van der Waals surface area contributed by atoms with Crippen molar-refractivity contribution in [3.63, 3.8) is 0 Å². The van der Waals surface area contributed by atoms with Gasteiger partial charge in [0.2, 0.25) is 0 Å². The Morgan fingerprint density at radius 2 is 1.73 bits per heavy atom. The van der Waals surface area contributed by atoms with Crippen LogP contribution in [0.1, 0.15) is 11.1 Å². The monoisotopic (exact) mass is 413 g/mol. The van der Waals surface area contributed by atoms with Gasteiger partial charge in [-0.05, 0) is 30.3 Å². The van der Waals surface area contributed by atoms with E-state index in [1.54, 1.807) is 19.3 Å². The molecule has 0 unspecified atom stereocenters. The van der Waals surface area contributed by atoms with Gasteiger partial charge >= 0.3 is 12.2 Å². The number of aryl methyl sites for hydroxylation is 1. The van der Waals surface area contributed by atoms with Gasteiger partial charge in [0, 0.05) is 29.7 Å². The number of benzene rings is 2. The van der Waals surface area contributed by atoms with Gasteiger partial charge in [-0.3, -0.25) is 14.9 Å². The van der Waals surface area contributed by atoms with E-state index in [0.717, 1.165) is 23.0 Å². The molecule has 152 valence electrons. The summed E-state index contributed by atoms with van der Waals surface area (Å²) in [4.78, 5) is 38.0. The van der Waals surface area contributed by atoms with E-state index in [2.05, 4.69) is 0 Å². The van der Waals surface area contributed by atoms with Gasteiger partial charge in [-0.1, -0.05) is 24.3 Å². The highest BCUT2D eigenvalue weighted by molar-refractivity contribution is 6.39. The van der Waals surface area contributed by atoms with Gasteiger partial charge in [0.1, 0.15) is 5.57 Å². The molecular formula is C21H14F3N3O3. The van der Waals surface area contributed by atoms with E-state index in [4.69, 9.17) is 0 Å². The molecule has 0 spiro atoms. The third-order valence-electron chi connectivity index (χ3n) is 4.76. The number of carbonyl (C=O) groups excluding carboxylic acids is 3. The standard InChI is InChI=1S/C21H14F3N3O3/c1-26-11-12(15-7-2-3-8-17(15)26)9-16-18(28)25-20(30)27(19(16)29)14-6-4-5-13(10-14)21(22,23)24/h2-11H,1H3,(H,25,28,30)/b16-9-. The van der Waals surface area contributed by atoms with Crippen molar-refractivity contribution in [3.8, 4) is 0 Å². The Hall–Kier alpha value is -3.88. The van der Waals surface area contributed by atoms with Crippen LogP contribution in [0.15, 0.2) is 60.3 Å². The summed E-state index contributed by atoms with van der Waals surface area (Å²) in [5.41, 5.74) is -0.243. The van der Waals surface area contributed by atoms with Crippen LogP contribution in [0.2, 0.25) is 0 Å². The Morgan fingerprint density at radius 1 is 1.00 bits per heavy atom. The number of urea groups is 1. The minimum atomic E-state index is -4.65. The topological polar surface area (TPSA) is 71.4 Å². The molecule has 1 fully saturated rings. The SMILES string of the molecule is Cn1cc(/C=C2/C(=O)NC(=O)N(c3cccc(C(F)(F)F)c3)C2=O)c2ccccc21. The number of aromatic nitrogens is 1. The molecule has 1 saturated heterocycles. The fourth-order valence-electron chi connectivity index (χ4n) is 3.36. The number of barbiturate groups is 1. The lowest BCUT2D eigenvalue weighted by molar-refractivity contribution is -0.137. The molecule has 6 nitrogen and oxygen atoms in total. The Bertz CT molecular complexity index is 1240. The van der Waals surface area contributed by atoms with Crippen LogP contribution >= 0.6 is 0 Å². The van der Waals surface area contributed by atoms with E-state index < -0.39 is 29.6 Å². The molecule has 4 rings (SSSR count). The first-order valence-electron chi connectivity index (χ1n) is 8.79. The van der Waals surface area contributed by atoms with Crippen molar-refractivity contribution in [3.05, 3.63) is 71.4 Å².